The van der Waals surface area contributed by atoms with Crippen LogP contribution in [0.2, 0.25) is 0 Å². The van der Waals surface area contributed by atoms with Crippen molar-refractivity contribution in [2.24, 2.45) is 0 Å². The summed E-state index contributed by atoms with van der Waals surface area (Å²) in [6, 6.07) is 18.2. The number of aryl methyl sites for hydroxylation is 2. The molecule has 0 radical (unpaired) electrons. The van der Waals surface area contributed by atoms with Gasteiger partial charge in [-0.1, -0.05) is 75.7 Å². The number of carboxylic acids is 1. The summed E-state index contributed by atoms with van der Waals surface area (Å²) in [5.41, 5.74) is 5.41. The second-order valence-corrected chi connectivity index (χ2v) is 8.43. The minimum atomic E-state index is -1.00. The Morgan fingerprint density at radius 3 is 2.05 bits per heavy atom. The lowest BCUT2D eigenvalue weighted by Crippen LogP contribution is -2.14. The fourth-order valence-corrected chi connectivity index (χ4v) is 3.98. The smallest absolute Gasteiger partial charge is 0.337 e. The lowest BCUT2D eigenvalue weighted by molar-refractivity contribution is -0.106. The quantitative estimate of drug-likeness (QED) is 0.251. The van der Waals surface area contributed by atoms with Crippen LogP contribution in [0.5, 0.6) is 0 Å². The molecule has 0 bridgehead atoms. The number of rotatable bonds is 5. The van der Waals surface area contributed by atoms with E-state index >= 15 is 0 Å². The summed E-state index contributed by atoms with van der Waals surface area (Å²) >= 11 is 0. The Bertz CT molecular complexity index is 1440. The van der Waals surface area contributed by atoms with Crippen LogP contribution < -0.4 is 10.7 Å². The maximum Gasteiger partial charge on any atom is 0.337 e. The molecule has 39 heavy (non-hydrogen) atoms. The second-order valence-electron chi connectivity index (χ2n) is 8.43. The molecule has 0 fully saturated rings. The van der Waals surface area contributed by atoms with E-state index in [9.17, 15) is 14.7 Å². The molecule has 1 atom stereocenters. The van der Waals surface area contributed by atoms with E-state index in [1.165, 1.54) is 6.92 Å². The lowest BCUT2D eigenvalue weighted by Gasteiger charge is -2.20. The SMILES string of the molecule is CC.CC.CC=O.Cc1ccc(-c2oc3c(C(C)Nc4ccccc4C(=O)O)cc(C)cc3c(=O)c2C)cc1. The van der Waals surface area contributed by atoms with Gasteiger partial charge in [-0.3, -0.25) is 4.79 Å². The first-order valence-corrected chi connectivity index (χ1v) is 13.3. The van der Waals surface area contributed by atoms with Crippen LogP contribution in [0.4, 0.5) is 5.69 Å². The predicted molar refractivity (Wildman–Crippen MR) is 162 cm³/mol. The molecule has 3 aromatic carbocycles. The summed E-state index contributed by atoms with van der Waals surface area (Å²) in [7, 11) is 0. The summed E-state index contributed by atoms with van der Waals surface area (Å²) in [5, 5.41) is 13.3. The Morgan fingerprint density at radius 1 is 0.923 bits per heavy atom. The largest absolute Gasteiger partial charge is 0.478 e. The van der Waals surface area contributed by atoms with Gasteiger partial charge in [0.1, 0.15) is 17.6 Å². The number of anilines is 1. The highest BCUT2D eigenvalue weighted by Gasteiger charge is 2.20. The van der Waals surface area contributed by atoms with Gasteiger partial charge in [0.05, 0.1) is 17.0 Å². The average Bonchev–Trinajstić information content (AvgIpc) is 2.94. The first kappa shape index (κ1) is 32.8. The Morgan fingerprint density at radius 2 is 1.49 bits per heavy atom. The summed E-state index contributed by atoms with van der Waals surface area (Å²) in [5.74, 6) is -0.455. The second kappa shape index (κ2) is 15.9. The number of hydrogen-bond donors (Lipinski definition) is 2. The van der Waals surface area contributed by atoms with Crippen LogP contribution in [0.15, 0.2) is 69.9 Å². The summed E-state index contributed by atoms with van der Waals surface area (Å²) in [6.07, 6.45) is 0.750. The molecule has 0 aliphatic heterocycles. The van der Waals surface area contributed by atoms with Gasteiger partial charge in [0.25, 0.3) is 0 Å². The summed E-state index contributed by atoms with van der Waals surface area (Å²) < 4.78 is 6.37. The monoisotopic (exact) mass is 531 g/mol. The number of aromatic carboxylic acids is 1. The standard InChI is InChI=1S/C27H25NO4.C2H4O.2C2H6/c1-15-9-11-19(12-10-15)25-17(3)24(29)22-14-16(2)13-21(26(22)32-25)18(4)28-23-8-6-5-7-20(23)27(30)31;1-2-3;2*1-2/h5-14,18,28H,1-4H3,(H,30,31);2H,1H3;2*1-2H3. The molecule has 1 aromatic heterocycles. The van der Waals surface area contributed by atoms with E-state index in [-0.39, 0.29) is 17.0 Å². The molecule has 0 spiro atoms. The van der Waals surface area contributed by atoms with Crippen molar-refractivity contribution < 1.29 is 19.1 Å². The molecule has 0 saturated heterocycles. The van der Waals surface area contributed by atoms with Crippen LogP contribution in [0.3, 0.4) is 0 Å². The molecule has 1 unspecified atom stereocenters. The van der Waals surface area contributed by atoms with E-state index in [0.29, 0.717) is 28.0 Å². The van der Waals surface area contributed by atoms with Crippen LogP contribution in [0, 0.1) is 20.8 Å². The molecular formula is C33H41NO5. The van der Waals surface area contributed by atoms with Gasteiger partial charge in [-0.05, 0) is 58.4 Å². The Labute approximate surface area is 231 Å². The van der Waals surface area contributed by atoms with Crippen molar-refractivity contribution in [2.75, 3.05) is 5.32 Å². The fraction of sp³-hybridized carbons (Fsp3) is 0.303. The Balaban J connectivity index is 0.000000996. The normalized spacial score (nSPS) is 10.5. The molecule has 0 amide bonds. The zero-order valence-electron chi connectivity index (χ0n) is 24.5. The number of carbonyl (C=O) groups excluding carboxylic acids is 1. The third-order valence-electron chi connectivity index (χ3n) is 5.70. The minimum Gasteiger partial charge on any atom is -0.478 e. The highest BCUT2D eigenvalue weighted by Crippen LogP contribution is 2.32. The first-order chi connectivity index (χ1) is 18.7. The maximum atomic E-state index is 13.3. The van der Waals surface area contributed by atoms with Gasteiger partial charge in [0.15, 0.2) is 5.43 Å². The van der Waals surface area contributed by atoms with Crippen LogP contribution in [-0.4, -0.2) is 17.4 Å². The number of carboxylic acid groups (broad SMARTS) is 1. The van der Waals surface area contributed by atoms with E-state index in [4.69, 9.17) is 9.21 Å². The molecule has 1 heterocycles. The molecule has 4 rings (SSSR count). The molecule has 6 heteroatoms. The number of hydrogen-bond acceptors (Lipinski definition) is 5. The maximum absolute atomic E-state index is 13.3. The van der Waals surface area contributed by atoms with Crippen molar-refractivity contribution in [1.82, 2.24) is 0 Å². The van der Waals surface area contributed by atoms with Crippen molar-refractivity contribution >= 4 is 28.9 Å². The minimum absolute atomic E-state index is 0.0649. The Kier molecular flexibility index (Phi) is 13.4. The van der Waals surface area contributed by atoms with Crippen LogP contribution in [0.25, 0.3) is 22.3 Å². The van der Waals surface area contributed by atoms with E-state index in [1.807, 2.05) is 84.9 Å². The van der Waals surface area contributed by atoms with Crippen molar-refractivity contribution in [3.63, 3.8) is 0 Å². The van der Waals surface area contributed by atoms with Crippen molar-refractivity contribution in [1.29, 1.82) is 0 Å². The molecule has 0 saturated carbocycles. The summed E-state index contributed by atoms with van der Waals surface area (Å²) in [6.45, 7) is 17.1. The van der Waals surface area contributed by atoms with Crippen molar-refractivity contribution in [3.8, 4) is 11.3 Å². The van der Waals surface area contributed by atoms with Crippen molar-refractivity contribution in [3.05, 3.63) is 98.7 Å². The van der Waals surface area contributed by atoms with Gasteiger partial charge in [0, 0.05) is 22.4 Å². The molecular weight excluding hydrogens is 490 g/mol. The number of aldehydes is 1. The fourth-order valence-electron chi connectivity index (χ4n) is 3.98. The summed E-state index contributed by atoms with van der Waals surface area (Å²) in [4.78, 5) is 33.7. The number of benzene rings is 3. The van der Waals surface area contributed by atoms with E-state index < -0.39 is 5.97 Å². The zero-order valence-corrected chi connectivity index (χ0v) is 24.5. The molecule has 2 N–H and O–H groups in total. The third kappa shape index (κ3) is 8.14. The molecule has 4 aromatic rings. The van der Waals surface area contributed by atoms with Crippen LogP contribution in [0.1, 0.15) is 80.2 Å². The number of carbonyl (C=O) groups is 2. The number of fused-ring (bicyclic) bond motifs is 1. The molecule has 6 nitrogen and oxygen atoms in total. The van der Waals surface area contributed by atoms with Gasteiger partial charge >= 0.3 is 5.97 Å². The first-order valence-electron chi connectivity index (χ1n) is 13.3. The third-order valence-corrected chi connectivity index (χ3v) is 5.70. The predicted octanol–water partition coefficient (Wildman–Crippen LogP) is 8.51. The zero-order chi connectivity index (χ0) is 29.7. The van der Waals surface area contributed by atoms with E-state index in [2.05, 4.69) is 5.32 Å². The van der Waals surface area contributed by atoms with Gasteiger partial charge in [-0.15, -0.1) is 0 Å². The van der Waals surface area contributed by atoms with E-state index in [1.54, 1.807) is 31.2 Å². The van der Waals surface area contributed by atoms with Gasteiger partial charge in [0.2, 0.25) is 0 Å². The van der Waals surface area contributed by atoms with Gasteiger partial charge < -0.3 is 19.6 Å². The molecule has 0 aliphatic rings. The number of nitrogens with one attached hydrogen (secondary N) is 1. The molecule has 208 valence electrons. The Hall–Kier alpha value is -4.19. The highest BCUT2D eigenvalue weighted by molar-refractivity contribution is 5.94. The van der Waals surface area contributed by atoms with Gasteiger partial charge in [-0.2, -0.15) is 0 Å². The van der Waals surface area contributed by atoms with E-state index in [0.717, 1.165) is 28.5 Å². The topological polar surface area (TPSA) is 96.6 Å². The number of para-hydroxylation sites is 1. The average molecular weight is 532 g/mol. The lowest BCUT2D eigenvalue weighted by atomic mass is 9.98. The van der Waals surface area contributed by atoms with Crippen LogP contribution in [-0.2, 0) is 4.79 Å². The molecule has 0 aliphatic carbocycles. The van der Waals surface area contributed by atoms with Gasteiger partial charge in [-0.25, -0.2) is 4.79 Å². The van der Waals surface area contributed by atoms with Crippen LogP contribution >= 0.6 is 0 Å². The highest BCUT2D eigenvalue weighted by atomic mass is 16.4. The van der Waals surface area contributed by atoms with Crippen molar-refractivity contribution in [2.45, 2.75) is 68.4 Å².